The number of methoxy groups -OCH3 is 1. The highest BCUT2D eigenvalue weighted by Gasteiger charge is 2.47. The Kier molecular flexibility index (Phi) is 5.01. The highest BCUT2D eigenvalue weighted by atomic mass is 16.5. The second-order valence-electron chi connectivity index (χ2n) is 5.43. The summed E-state index contributed by atoms with van der Waals surface area (Å²) >= 11 is 0. The van der Waals surface area contributed by atoms with Gasteiger partial charge in [-0.3, -0.25) is 4.79 Å². The summed E-state index contributed by atoms with van der Waals surface area (Å²) in [5, 5.41) is 3.19. The van der Waals surface area contributed by atoms with E-state index in [1.807, 2.05) is 24.3 Å². The lowest BCUT2D eigenvalue weighted by Crippen LogP contribution is -2.34. The van der Waals surface area contributed by atoms with Crippen LogP contribution in [0.25, 0.3) is 0 Å². The Morgan fingerprint density at radius 3 is 2.70 bits per heavy atom. The molecule has 0 aliphatic heterocycles. The molecule has 0 bridgehead atoms. The minimum absolute atomic E-state index is 0.130. The Morgan fingerprint density at radius 1 is 1.30 bits per heavy atom. The van der Waals surface area contributed by atoms with E-state index in [2.05, 4.69) is 5.32 Å². The zero-order valence-corrected chi connectivity index (χ0v) is 12.2. The van der Waals surface area contributed by atoms with Gasteiger partial charge in [-0.15, -0.1) is 0 Å². The number of nitrogens with one attached hydrogen (secondary N) is 1. The summed E-state index contributed by atoms with van der Waals surface area (Å²) in [6.45, 7) is 0.701. The quantitative estimate of drug-likeness (QED) is 0.716. The first-order valence-corrected chi connectivity index (χ1v) is 7.36. The van der Waals surface area contributed by atoms with Crippen molar-refractivity contribution in [2.75, 3.05) is 13.7 Å². The number of hydrogen-bond donors (Lipinski definition) is 2. The summed E-state index contributed by atoms with van der Waals surface area (Å²) in [4.78, 5) is 12.1. The molecule has 0 heterocycles. The third-order valence-corrected chi connectivity index (χ3v) is 3.86. The van der Waals surface area contributed by atoms with E-state index in [-0.39, 0.29) is 11.4 Å². The number of benzene rings is 1. The fraction of sp³-hybridized carbons (Fsp3) is 0.562. The minimum Gasteiger partial charge on any atom is -0.496 e. The summed E-state index contributed by atoms with van der Waals surface area (Å²) in [5.74, 6) is 0.985. The van der Waals surface area contributed by atoms with Gasteiger partial charge in [0.05, 0.1) is 12.6 Å². The standard InChI is InChI=1S/C16H24N2O2/c1-20-14-8-5-4-7-13(14)16(10-11-16)18-15(19)9-3-2-6-12-17/h4-5,7-8H,2-3,6,9-12,17H2,1H3,(H,18,19). The van der Waals surface area contributed by atoms with Crippen LogP contribution < -0.4 is 15.8 Å². The number of nitrogens with two attached hydrogens (primary N) is 1. The van der Waals surface area contributed by atoms with Crippen LogP contribution in [0.1, 0.15) is 44.1 Å². The van der Waals surface area contributed by atoms with Crippen LogP contribution in [0.4, 0.5) is 0 Å². The average Bonchev–Trinajstić information content (AvgIpc) is 3.24. The molecule has 0 spiro atoms. The molecule has 1 amide bonds. The van der Waals surface area contributed by atoms with Crippen molar-refractivity contribution < 1.29 is 9.53 Å². The molecule has 1 aliphatic rings. The largest absolute Gasteiger partial charge is 0.496 e. The van der Waals surface area contributed by atoms with E-state index >= 15 is 0 Å². The lowest BCUT2D eigenvalue weighted by Gasteiger charge is -2.20. The zero-order valence-electron chi connectivity index (χ0n) is 12.2. The van der Waals surface area contributed by atoms with Crippen LogP contribution in [0.3, 0.4) is 0 Å². The fourth-order valence-corrected chi connectivity index (χ4v) is 2.56. The number of carbonyl (C=O) groups is 1. The predicted octanol–water partition coefficient (Wildman–Crippen LogP) is 2.32. The summed E-state index contributed by atoms with van der Waals surface area (Å²) in [7, 11) is 1.67. The molecule has 110 valence electrons. The molecule has 1 aromatic carbocycles. The SMILES string of the molecule is COc1ccccc1C1(NC(=O)CCCCCN)CC1. The molecule has 0 saturated heterocycles. The molecular formula is C16H24N2O2. The highest BCUT2D eigenvalue weighted by molar-refractivity contribution is 5.77. The van der Waals surface area contributed by atoms with E-state index in [0.29, 0.717) is 13.0 Å². The summed E-state index contributed by atoms with van der Waals surface area (Å²) in [6.07, 6.45) is 5.47. The van der Waals surface area contributed by atoms with Crippen molar-refractivity contribution in [1.82, 2.24) is 5.32 Å². The monoisotopic (exact) mass is 276 g/mol. The highest BCUT2D eigenvalue weighted by Crippen LogP contribution is 2.48. The van der Waals surface area contributed by atoms with Crippen molar-refractivity contribution in [3.05, 3.63) is 29.8 Å². The van der Waals surface area contributed by atoms with Crippen molar-refractivity contribution in [1.29, 1.82) is 0 Å². The molecule has 3 N–H and O–H groups in total. The Labute approximate surface area is 120 Å². The lowest BCUT2D eigenvalue weighted by molar-refractivity contribution is -0.122. The van der Waals surface area contributed by atoms with Gasteiger partial charge in [0.25, 0.3) is 0 Å². The number of unbranched alkanes of at least 4 members (excludes halogenated alkanes) is 2. The Morgan fingerprint density at radius 2 is 2.05 bits per heavy atom. The first-order chi connectivity index (χ1) is 9.72. The van der Waals surface area contributed by atoms with Gasteiger partial charge in [-0.25, -0.2) is 0 Å². The van der Waals surface area contributed by atoms with E-state index < -0.39 is 0 Å². The second kappa shape index (κ2) is 6.75. The maximum absolute atomic E-state index is 12.1. The molecule has 0 unspecified atom stereocenters. The number of para-hydroxylation sites is 1. The molecule has 0 atom stereocenters. The maximum Gasteiger partial charge on any atom is 0.220 e. The second-order valence-corrected chi connectivity index (χ2v) is 5.43. The van der Waals surface area contributed by atoms with Crippen molar-refractivity contribution in [3.8, 4) is 5.75 Å². The molecule has 1 aromatic rings. The third-order valence-electron chi connectivity index (χ3n) is 3.86. The first-order valence-electron chi connectivity index (χ1n) is 7.36. The Bertz CT molecular complexity index is 456. The molecule has 4 heteroatoms. The number of amides is 1. The maximum atomic E-state index is 12.1. The van der Waals surface area contributed by atoms with Crippen molar-refractivity contribution >= 4 is 5.91 Å². The fourth-order valence-electron chi connectivity index (χ4n) is 2.56. The Hall–Kier alpha value is -1.55. The van der Waals surface area contributed by atoms with Crippen LogP contribution in [0, 0.1) is 0 Å². The molecule has 20 heavy (non-hydrogen) atoms. The number of ether oxygens (including phenoxy) is 1. The van der Waals surface area contributed by atoms with E-state index in [1.54, 1.807) is 7.11 Å². The number of rotatable bonds is 8. The van der Waals surface area contributed by atoms with E-state index in [4.69, 9.17) is 10.5 Å². The molecule has 0 aromatic heterocycles. The van der Waals surface area contributed by atoms with E-state index in [0.717, 1.165) is 43.4 Å². The normalized spacial score (nSPS) is 15.7. The number of hydrogen-bond acceptors (Lipinski definition) is 3. The van der Waals surface area contributed by atoms with Gasteiger partial charge in [0.1, 0.15) is 5.75 Å². The zero-order chi connectivity index (χ0) is 14.4. The molecule has 1 aliphatic carbocycles. The van der Waals surface area contributed by atoms with Crippen LogP contribution in [-0.4, -0.2) is 19.6 Å². The van der Waals surface area contributed by atoms with E-state index in [1.165, 1.54) is 0 Å². The summed E-state index contributed by atoms with van der Waals surface area (Å²) in [6, 6.07) is 7.93. The topological polar surface area (TPSA) is 64.3 Å². The molecule has 4 nitrogen and oxygen atoms in total. The van der Waals surface area contributed by atoms with Crippen molar-refractivity contribution in [2.45, 2.75) is 44.1 Å². The van der Waals surface area contributed by atoms with Gasteiger partial charge in [0.15, 0.2) is 0 Å². The predicted molar refractivity (Wildman–Crippen MR) is 79.6 cm³/mol. The van der Waals surface area contributed by atoms with Gasteiger partial charge in [0.2, 0.25) is 5.91 Å². The minimum atomic E-state index is -0.197. The summed E-state index contributed by atoms with van der Waals surface area (Å²) in [5.41, 5.74) is 6.35. The first kappa shape index (κ1) is 14.9. The smallest absolute Gasteiger partial charge is 0.220 e. The van der Waals surface area contributed by atoms with Crippen LogP contribution in [0.2, 0.25) is 0 Å². The molecule has 0 radical (unpaired) electrons. The van der Waals surface area contributed by atoms with Gasteiger partial charge < -0.3 is 15.8 Å². The summed E-state index contributed by atoms with van der Waals surface area (Å²) < 4.78 is 5.40. The molecular weight excluding hydrogens is 252 g/mol. The van der Waals surface area contributed by atoms with Crippen LogP contribution in [0.15, 0.2) is 24.3 Å². The Balaban J connectivity index is 1.93. The van der Waals surface area contributed by atoms with Gasteiger partial charge in [-0.2, -0.15) is 0 Å². The van der Waals surface area contributed by atoms with Crippen molar-refractivity contribution in [3.63, 3.8) is 0 Å². The molecule has 1 saturated carbocycles. The molecule has 1 fully saturated rings. The van der Waals surface area contributed by atoms with Crippen LogP contribution >= 0.6 is 0 Å². The van der Waals surface area contributed by atoms with E-state index in [9.17, 15) is 4.79 Å². The van der Waals surface area contributed by atoms with Crippen molar-refractivity contribution in [2.24, 2.45) is 5.73 Å². The van der Waals surface area contributed by atoms with Gasteiger partial charge in [-0.05, 0) is 38.3 Å². The van der Waals surface area contributed by atoms with Crippen LogP contribution in [-0.2, 0) is 10.3 Å². The lowest BCUT2D eigenvalue weighted by atomic mass is 10.0. The number of carbonyl (C=O) groups excluding carboxylic acids is 1. The average molecular weight is 276 g/mol. The van der Waals surface area contributed by atoms with Gasteiger partial charge in [-0.1, -0.05) is 24.6 Å². The molecule has 2 rings (SSSR count). The van der Waals surface area contributed by atoms with Gasteiger partial charge in [0, 0.05) is 12.0 Å². The third kappa shape index (κ3) is 3.51. The van der Waals surface area contributed by atoms with Crippen LogP contribution in [0.5, 0.6) is 5.75 Å². The van der Waals surface area contributed by atoms with Gasteiger partial charge >= 0.3 is 0 Å².